The minimum Gasteiger partial charge on any atom is -0.484 e. The maximum atomic E-state index is 13.0. The molecule has 6 nitrogen and oxygen atoms in total. The molecule has 25 heavy (non-hydrogen) atoms. The van der Waals surface area contributed by atoms with Crippen molar-refractivity contribution < 1.29 is 22.3 Å². The van der Waals surface area contributed by atoms with Gasteiger partial charge in [-0.15, -0.1) is 0 Å². The van der Waals surface area contributed by atoms with E-state index in [1.807, 2.05) is 0 Å². The molecule has 0 saturated carbocycles. The summed E-state index contributed by atoms with van der Waals surface area (Å²) >= 11 is 5.63. The van der Waals surface area contributed by atoms with Crippen molar-refractivity contribution in [3.63, 3.8) is 0 Å². The van der Waals surface area contributed by atoms with Gasteiger partial charge in [0.05, 0.1) is 16.0 Å². The van der Waals surface area contributed by atoms with Crippen LogP contribution >= 0.6 is 11.6 Å². The molecule has 2 aromatic carbocycles. The van der Waals surface area contributed by atoms with Gasteiger partial charge in [0.1, 0.15) is 11.6 Å². The number of amides is 1. The first-order valence-electron chi connectivity index (χ1n) is 7.17. The number of benzene rings is 2. The van der Waals surface area contributed by atoms with Crippen LogP contribution in [0.5, 0.6) is 5.75 Å². The van der Waals surface area contributed by atoms with Gasteiger partial charge >= 0.3 is 0 Å². The van der Waals surface area contributed by atoms with E-state index in [9.17, 15) is 17.6 Å². The Morgan fingerprint density at radius 3 is 2.48 bits per heavy atom. The number of hydrogen-bond acceptors (Lipinski definition) is 4. The van der Waals surface area contributed by atoms with E-state index >= 15 is 0 Å². The van der Waals surface area contributed by atoms with Crippen LogP contribution in [0.4, 0.5) is 4.39 Å². The standard InChI is InChI=1S/C16H16ClFN2O4S/c1-10(11-2-5-13(6-3-11)25(19,22)23)20-16(21)9-24-12-4-7-15(18)14(17)8-12/h2-8,10H,9H2,1H3,(H,20,21)(H2,19,22,23)/t10-/m0/s1. The molecule has 0 bridgehead atoms. The zero-order valence-electron chi connectivity index (χ0n) is 13.2. The van der Waals surface area contributed by atoms with Crippen LogP contribution in [0.25, 0.3) is 0 Å². The van der Waals surface area contributed by atoms with Crippen molar-refractivity contribution in [2.45, 2.75) is 17.9 Å². The zero-order chi connectivity index (χ0) is 18.6. The summed E-state index contributed by atoms with van der Waals surface area (Å²) in [5.74, 6) is -0.704. The second-order valence-electron chi connectivity index (χ2n) is 5.27. The van der Waals surface area contributed by atoms with Crippen LogP contribution in [0.1, 0.15) is 18.5 Å². The first-order valence-corrected chi connectivity index (χ1v) is 9.09. The highest BCUT2D eigenvalue weighted by Gasteiger charge is 2.13. The summed E-state index contributed by atoms with van der Waals surface area (Å²) in [6.45, 7) is 1.46. The third-order valence-electron chi connectivity index (χ3n) is 3.35. The van der Waals surface area contributed by atoms with Crippen LogP contribution in [-0.2, 0) is 14.8 Å². The van der Waals surface area contributed by atoms with Crippen molar-refractivity contribution in [3.05, 3.63) is 58.9 Å². The summed E-state index contributed by atoms with van der Waals surface area (Å²) < 4.78 is 40.7. The number of hydrogen-bond donors (Lipinski definition) is 2. The molecule has 9 heteroatoms. The first-order chi connectivity index (χ1) is 11.7. The van der Waals surface area contributed by atoms with E-state index in [-0.39, 0.29) is 28.3 Å². The number of carbonyl (C=O) groups excluding carboxylic acids is 1. The van der Waals surface area contributed by atoms with E-state index in [1.54, 1.807) is 19.1 Å². The molecule has 2 rings (SSSR count). The maximum Gasteiger partial charge on any atom is 0.258 e. The van der Waals surface area contributed by atoms with E-state index in [4.69, 9.17) is 21.5 Å². The highest BCUT2D eigenvalue weighted by molar-refractivity contribution is 7.89. The number of ether oxygens (including phenoxy) is 1. The largest absolute Gasteiger partial charge is 0.484 e. The van der Waals surface area contributed by atoms with Gasteiger partial charge in [-0.2, -0.15) is 0 Å². The lowest BCUT2D eigenvalue weighted by molar-refractivity contribution is -0.123. The number of primary sulfonamides is 1. The molecule has 0 aromatic heterocycles. The van der Waals surface area contributed by atoms with Crippen molar-refractivity contribution in [2.24, 2.45) is 5.14 Å². The van der Waals surface area contributed by atoms with Crippen LogP contribution in [-0.4, -0.2) is 20.9 Å². The lowest BCUT2D eigenvalue weighted by atomic mass is 10.1. The molecule has 0 aliphatic rings. The summed E-state index contributed by atoms with van der Waals surface area (Å²) in [5.41, 5.74) is 0.700. The van der Waals surface area contributed by atoms with Crippen molar-refractivity contribution >= 4 is 27.5 Å². The van der Waals surface area contributed by atoms with Crippen molar-refractivity contribution in [3.8, 4) is 5.75 Å². The molecule has 0 aliphatic heterocycles. The fourth-order valence-corrected chi connectivity index (χ4v) is 2.71. The van der Waals surface area contributed by atoms with Crippen molar-refractivity contribution in [2.75, 3.05) is 6.61 Å². The second-order valence-corrected chi connectivity index (χ2v) is 7.24. The topological polar surface area (TPSA) is 98.5 Å². The summed E-state index contributed by atoms with van der Waals surface area (Å²) in [6.07, 6.45) is 0. The molecule has 0 fully saturated rings. The number of rotatable bonds is 6. The molecule has 3 N–H and O–H groups in total. The Kier molecular flexibility index (Phi) is 5.99. The summed E-state index contributed by atoms with van der Waals surface area (Å²) in [4.78, 5) is 11.9. The minimum atomic E-state index is -3.76. The monoisotopic (exact) mass is 386 g/mol. The number of carbonyl (C=O) groups is 1. The van der Waals surface area contributed by atoms with Crippen LogP contribution in [0, 0.1) is 5.82 Å². The Balaban J connectivity index is 1.92. The molecule has 1 amide bonds. The van der Waals surface area contributed by atoms with Crippen molar-refractivity contribution in [1.82, 2.24) is 5.32 Å². The number of nitrogens with two attached hydrogens (primary N) is 1. The van der Waals surface area contributed by atoms with E-state index in [0.29, 0.717) is 5.56 Å². The lowest BCUT2D eigenvalue weighted by Gasteiger charge is -2.15. The molecule has 134 valence electrons. The fraction of sp³-hybridized carbons (Fsp3) is 0.188. The second kappa shape index (κ2) is 7.81. The molecule has 0 saturated heterocycles. The smallest absolute Gasteiger partial charge is 0.258 e. The van der Waals surface area contributed by atoms with Crippen LogP contribution in [0.3, 0.4) is 0 Å². The molecule has 0 unspecified atom stereocenters. The number of sulfonamides is 1. The molecule has 2 aromatic rings. The minimum absolute atomic E-state index is 0.00806. The highest BCUT2D eigenvalue weighted by atomic mass is 35.5. The quantitative estimate of drug-likeness (QED) is 0.796. The number of nitrogens with one attached hydrogen (secondary N) is 1. The van der Waals surface area contributed by atoms with Gasteiger partial charge in [-0.25, -0.2) is 17.9 Å². The van der Waals surface area contributed by atoms with E-state index < -0.39 is 21.7 Å². The van der Waals surface area contributed by atoms with Crippen LogP contribution in [0.15, 0.2) is 47.4 Å². The van der Waals surface area contributed by atoms with Crippen LogP contribution < -0.4 is 15.2 Å². The predicted octanol–water partition coefficient (Wildman–Crippen LogP) is 2.38. The Morgan fingerprint density at radius 1 is 1.28 bits per heavy atom. The zero-order valence-corrected chi connectivity index (χ0v) is 14.8. The van der Waals surface area contributed by atoms with Gasteiger partial charge in [0, 0.05) is 6.07 Å². The lowest BCUT2D eigenvalue weighted by Crippen LogP contribution is -2.31. The molecular weight excluding hydrogens is 371 g/mol. The molecule has 0 aliphatic carbocycles. The van der Waals surface area contributed by atoms with Gasteiger partial charge in [0.25, 0.3) is 5.91 Å². The molecular formula is C16H16ClFN2O4S. The molecule has 0 spiro atoms. The van der Waals surface area contributed by atoms with Gasteiger partial charge in [-0.05, 0) is 36.8 Å². The first kappa shape index (κ1) is 19.2. The van der Waals surface area contributed by atoms with Gasteiger partial charge in [0.2, 0.25) is 10.0 Å². The van der Waals surface area contributed by atoms with E-state index in [1.165, 1.54) is 24.3 Å². The highest BCUT2D eigenvalue weighted by Crippen LogP contribution is 2.21. The van der Waals surface area contributed by atoms with Gasteiger partial charge in [-0.1, -0.05) is 23.7 Å². The van der Waals surface area contributed by atoms with E-state index in [2.05, 4.69) is 5.32 Å². The average molecular weight is 387 g/mol. The van der Waals surface area contributed by atoms with Gasteiger partial charge < -0.3 is 10.1 Å². The predicted molar refractivity (Wildman–Crippen MR) is 91.3 cm³/mol. The molecule has 0 radical (unpaired) electrons. The van der Waals surface area contributed by atoms with Crippen LogP contribution in [0.2, 0.25) is 5.02 Å². The summed E-state index contributed by atoms with van der Waals surface area (Å²) in [6, 6.07) is 9.27. The summed E-state index contributed by atoms with van der Waals surface area (Å²) in [7, 11) is -3.76. The van der Waals surface area contributed by atoms with Crippen molar-refractivity contribution in [1.29, 1.82) is 0 Å². The third kappa shape index (κ3) is 5.42. The van der Waals surface area contributed by atoms with Gasteiger partial charge in [-0.3, -0.25) is 4.79 Å². The van der Waals surface area contributed by atoms with Gasteiger partial charge in [0.15, 0.2) is 6.61 Å². The number of halogens is 2. The molecule has 0 heterocycles. The Morgan fingerprint density at radius 2 is 1.92 bits per heavy atom. The Bertz CT molecular complexity index is 872. The van der Waals surface area contributed by atoms with E-state index in [0.717, 1.165) is 6.07 Å². The SMILES string of the molecule is C[C@H](NC(=O)COc1ccc(F)c(Cl)c1)c1ccc(S(N)(=O)=O)cc1. The Hall–Kier alpha value is -2.16. The average Bonchev–Trinajstić information content (AvgIpc) is 2.55. The summed E-state index contributed by atoms with van der Waals surface area (Å²) in [5, 5.41) is 7.63. The fourth-order valence-electron chi connectivity index (χ4n) is 2.03. The molecule has 1 atom stereocenters. The Labute approximate surface area is 149 Å². The normalized spacial score (nSPS) is 12.5. The third-order valence-corrected chi connectivity index (χ3v) is 4.57. The maximum absolute atomic E-state index is 13.0.